The van der Waals surface area contributed by atoms with Crippen molar-refractivity contribution < 1.29 is 18.7 Å². The summed E-state index contributed by atoms with van der Waals surface area (Å²) in [5.41, 5.74) is 2.71. The molecule has 2 aliphatic rings. The lowest BCUT2D eigenvalue weighted by molar-refractivity contribution is 0.00603. The SMILES string of the molecule is COc1cc(F)cc(-c2cc(C)n3cnc(C(=O)N[C@H]4C[C@H]5CC[C@@H](C4)[C@@H]5OC)c3n2)c1. The minimum Gasteiger partial charge on any atom is -0.497 e. The lowest BCUT2D eigenvalue weighted by atomic mass is 9.82. The van der Waals surface area contributed by atoms with Crippen LogP contribution in [0.1, 0.15) is 41.9 Å². The van der Waals surface area contributed by atoms with E-state index in [0.717, 1.165) is 31.4 Å². The van der Waals surface area contributed by atoms with Gasteiger partial charge in [-0.15, -0.1) is 0 Å². The molecule has 7 nitrogen and oxygen atoms in total. The lowest BCUT2D eigenvalue weighted by Gasteiger charge is -2.34. The highest BCUT2D eigenvalue weighted by molar-refractivity contribution is 5.98. The molecule has 2 bridgehead atoms. The summed E-state index contributed by atoms with van der Waals surface area (Å²) in [6.45, 7) is 1.90. The highest BCUT2D eigenvalue weighted by Crippen LogP contribution is 2.43. The summed E-state index contributed by atoms with van der Waals surface area (Å²) >= 11 is 0. The summed E-state index contributed by atoms with van der Waals surface area (Å²) in [5, 5.41) is 3.17. The molecule has 2 aliphatic carbocycles. The molecule has 0 spiro atoms. The van der Waals surface area contributed by atoms with Crippen LogP contribution in [0.2, 0.25) is 0 Å². The molecule has 1 N–H and O–H groups in total. The Bertz CT molecular complexity index is 1160. The van der Waals surface area contributed by atoms with Crippen molar-refractivity contribution in [3.8, 4) is 17.0 Å². The van der Waals surface area contributed by atoms with E-state index in [1.165, 1.54) is 19.2 Å². The first kappa shape index (κ1) is 20.9. The maximum absolute atomic E-state index is 14.0. The van der Waals surface area contributed by atoms with E-state index in [2.05, 4.69) is 15.3 Å². The van der Waals surface area contributed by atoms with E-state index in [1.54, 1.807) is 23.9 Å². The highest BCUT2D eigenvalue weighted by atomic mass is 19.1. The molecule has 0 aliphatic heterocycles. The molecule has 2 aromatic heterocycles. The second kappa shape index (κ2) is 8.16. The number of carbonyl (C=O) groups excluding carboxylic acids is 1. The summed E-state index contributed by atoms with van der Waals surface area (Å²) in [5.74, 6) is 0.766. The number of nitrogens with zero attached hydrogens (tertiary/aromatic N) is 3. The van der Waals surface area contributed by atoms with Crippen LogP contribution in [0.4, 0.5) is 4.39 Å². The number of hydrogen-bond donors (Lipinski definition) is 1. The summed E-state index contributed by atoms with van der Waals surface area (Å²) in [6, 6.07) is 6.40. The molecule has 2 fully saturated rings. The van der Waals surface area contributed by atoms with Crippen LogP contribution in [0, 0.1) is 24.6 Å². The Labute approximate surface area is 186 Å². The van der Waals surface area contributed by atoms with Gasteiger partial charge in [-0.1, -0.05) is 0 Å². The monoisotopic (exact) mass is 438 g/mol. The number of halogens is 1. The topological polar surface area (TPSA) is 77.8 Å². The largest absolute Gasteiger partial charge is 0.497 e. The van der Waals surface area contributed by atoms with Gasteiger partial charge in [0.2, 0.25) is 0 Å². The molecular formula is C24H27FN4O3. The fourth-order valence-corrected chi connectivity index (χ4v) is 5.49. The smallest absolute Gasteiger partial charge is 0.274 e. The molecule has 1 amide bonds. The van der Waals surface area contributed by atoms with E-state index in [9.17, 15) is 9.18 Å². The number of aryl methyl sites for hydroxylation is 1. The lowest BCUT2D eigenvalue weighted by Crippen LogP contribution is -2.44. The van der Waals surface area contributed by atoms with Crippen LogP contribution in [0.25, 0.3) is 16.9 Å². The summed E-state index contributed by atoms with van der Waals surface area (Å²) in [4.78, 5) is 22.2. The number of carbonyl (C=O) groups is 1. The van der Waals surface area contributed by atoms with E-state index in [1.807, 2.05) is 13.0 Å². The Morgan fingerprint density at radius 1 is 1.16 bits per heavy atom. The summed E-state index contributed by atoms with van der Waals surface area (Å²) in [6.07, 6.45) is 6.08. The van der Waals surface area contributed by atoms with Crippen molar-refractivity contribution in [1.82, 2.24) is 19.7 Å². The molecule has 0 saturated heterocycles. The number of rotatable bonds is 5. The zero-order valence-corrected chi connectivity index (χ0v) is 18.5. The van der Waals surface area contributed by atoms with Gasteiger partial charge >= 0.3 is 0 Å². The maximum Gasteiger partial charge on any atom is 0.274 e. The Hall–Kier alpha value is -3.00. The summed E-state index contributed by atoms with van der Waals surface area (Å²) < 4.78 is 26.7. The van der Waals surface area contributed by atoms with Crippen molar-refractivity contribution in [2.45, 2.75) is 44.8 Å². The number of imidazole rings is 1. The Morgan fingerprint density at radius 3 is 2.59 bits per heavy atom. The molecule has 0 radical (unpaired) electrons. The van der Waals surface area contributed by atoms with Crippen LogP contribution in [0.3, 0.4) is 0 Å². The second-order valence-electron chi connectivity index (χ2n) is 8.89. The van der Waals surface area contributed by atoms with Gasteiger partial charge in [0.15, 0.2) is 11.3 Å². The molecule has 2 heterocycles. The summed E-state index contributed by atoms with van der Waals surface area (Å²) in [7, 11) is 3.28. The standard InChI is InChI=1S/C24H27FN4O3/c1-13-6-20(16-7-17(25)11-19(10-16)31-2)28-23-21(26-12-29(13)23)24(30)27-18-8-14-4-5-15(9-18)22(14)32-3/h6-7,10-12,14-15,18,22H,4-5,8-9H2,1-3H3,(H,27,30)/t14-,15+,18+,22-. The first-order chi connectivity index (χ1) is 15.5. The number of nitrogens with one attached hydrogen (secondary N) is 1. The molecular weight excluding hydrogens is 411 g/mol. The van der Waals surface area contributed by atoms with Crippen molar-refractivity contribution in [2.75, 3.05) is 14.2 Å². The number of hydrogen-bond acceptors (Lipinski definition) is 5. The third-order valence-corrected chi connectivity index (χ3v) is 6.93. The van der Waals surface area contributed by atoms with Crippen molar-refractivity contribution in [2.24, 2.45) is 11.8 Å². The van der Waals surface area contributed by atoms with Gasteiger partial charge in [-0.2, -0.15) is 0 Å². The predicted molar refractivity (Wildman–Crippen MR) is 117 cm³/mol. The minimum absolute atomic E-state index is 0.111. The third-order valence-electron chi connectivity index (χ3n) is 6.93. The Balaban J connectivity index is 1.44. The molecule has 3 aromatic rings. The average Bonchev–Trinajstić information content (AvgIpc) is 3.31. The van der Waals surface area contributed by atoms with Crippen molar-refractivity contribution in [1.29, 1.82) is 0 Å². The van der Waals surface area contributed by atoms with E-state index >= 15 is 0 Å². The molecule has 8 heteroatoms. The van der Waals surface area contributed by atoms with Crippen LogP contribution in [-0.2, 0) is 4.74 Å². The van der Waals surface area contributed by atoms with Gasteiger partial charge in [-0.25, -0.2) is 14.4 Å². The van der Waals surface area contributed by atoms with Gasteiger partial charge in [0.1, 0.15) is 17.9 Å². The first-order valence-electron chi connectivity index (χ1n) is 11.0. The zero-order valence-electron chi connectivity index (χ0n) is 18.5. The van der Waals surface area contributed by atoms with Gasteiger partial charge in [-0.05, 0) is 62.6 Å². The molecule has 0 unspecified atom stereocenters. The molecule has 1 aromatic carbocycles. The number of fused-ring (bicyclic) bond motifs is 3. The fourth-order valence-electron chi connectivity index (χ4n) is 5.49. The van der Waals surface area contributed by atoms with Crippen molar-refractivity contribution in [3.63, 3.8) is 0 Å². The van der Waals surface area contributed by atoms with E-state index < -0.39 is 5.82 Å². The Morgan fingerprint density at radius 2 is 1.91 bits per heavy atom. The van der Waals surface area contributed by atoms with Crippen LogP contribution < -0.4 is 10.1 Å². The first-order valence-corrected chi connectivity index (χ1v) is 11.0. The van der Waals surface area contributed by atoms with E-state index in [0.29, 0.717) is 40.6 Å². The zero-order chi connectivity index (χ0) is 22.4. The van der Waals surface area contributed by atoms with Gasteiger partial charge in [0.25, 0.3) is 5.91 Å². The molecule has 2 saturated carbocycles. The van der Waals surface area contributed by atoms with Gasteiger partial charge < -0.3 is 14.8 Å². The van der Waals surface area contributed by atoms with Crippen molar-refractivity contribution >= 4 is 11.6 Å². The third kappa shape index (κ3) is 3.62. The van der Waals surface area contributed by atoms with Gasteiger partial charge in [0.05, 0.1) is 18.9 Å². The number of methoxy groups -OCH3 is 2. The molecule has 4 atom stereocenters. The van der Waals surface area contributed by atoms with Crippen LogP contribution in [0.5, 0.6) is 5.75 Å². The van der Waals surface area contributed by atoms with Crippen LogP contribution >= 0.6 is 0 Å². The quantitative estimate of drug-likeness (QED) is 0.656. The fraction of sp³-hybridized carbons (Fsp3) is 0.458. The second-order valence-corrected chi connectivity index (χ2v) is 8.89. The van der Waals surface area contributed by atoms with Crippen molar-refractivity contribution in [3.05, 3.63) is 47.8 Å². The maximum atomic E-state index is 14.0. The average molecular weight is 439 g/mol. The van der Waals surface area contributed by atoms with Crippen LogP contribution in [0.15, 0.2) is 30.6 Å². The van der Waals surface area contributed by atoms with Gasteiger partial charge in [0, 0.05) is 30.5 Å². The van der Waals surface area contributed by atoms with Crippen LogP contribution in [-0.4, -0.2) is 46.6 Å². The Kier molecular flexibility index (Phi) is 5.33. The van der Waals surface area contributed by atoms with E-state index in [-0.39, 0.29) is 17.6 Å². The minimum atomic E-state index is -0.411. The number of amides is 1. The highest BCUT2D eigenvalue weighted by Gasteiger charge is 2.43. The molecule has 168 valence electrons. The number of aromatic nitrogens is 3. The molecule has 32 heavy (non-hydrogen) atoms. The number of ether oxygens (including phenoxy) is 2. The number of benzene rings is 1. The van der Waals surface area contributed by atoms with Gasteiger partial charge in [-0.3, -0.25) is 9.20 Å². The molecule has 5 rings (SSSR count). The van der Waals surface area contributed by atoms with E-state index in [4.69, 9.17) is 9.47 Å². The normalized spacial score (nSPS) is 24.6. The predicted octanol–water partition coefficient (Wildman–Crippen LogP) is 3.79.